The van der Waals surface area contributed by atoms with Gasteiger partial charge in [-0.3, -0.25) is 4.79 Å². The van der Waals surface area contributed by atoms with Crippen molar-refractivity contribution in [2.75, 3.05) is 5.32 Å². The zero-order valence-electron chi connectivity index (χ0n) is 12.5. The Bertz CT molecular complexity index is 801. The predicted molar refractivity (Wildman–Crippen MR) is 90.2 cm³/mol. The van der Waals surface area contributed by atoms with Gasteiger partial charge in [-0.2, -0.15) is 0 Å². The molecule has 4 N–H and O–H groups in total. The average molecular weight is 314 g/mol. The molecule has 5 nitrogen and oxygen atoms in total. The van der Waals surface area contributed by atoms with Gasteiger partial charge in [0.05, 0.1) is 11.7 Å². The number of anilines is 1. The molecule has 0 spiro atoms. The second kappa shape index (κ2) is 5.90. The fourth-order valence-corrected chi connectivity index (χ4v) is 3.17. The van der Waals surface area contributed by atoms with Crippen LogP contribution in [0.5, 0.6) is 0 Å². The van der Waals surface area contributed by atoms with Gasteiger partial charge in [0.2, 0.25) is 5.91 Å². The molecule has 3 rings (SSSR count). The van der Waals surface area contributed by atoms with E-state index in [0.717, 1.165) is 27.0 Å². The largest absolute Gasteiger partial charge is 0.361 e. The summed E-state index contributed by atoms with van der Waals surface area (Å²) in [5, 5.41) is 4.51. The normalized spacial score (nSPS) is 12.5. The summed E-state index contributed by atoms with van der Waals surface area (Å²) in [5.74, 6) is -0.209. The number of rotatable bonds is 4. The Hall–Kier alpha value is -2.18. The third-order valence-electron chi connectivity index (χ3n) is 3.71. The van der Waals surface area contributed by atoms with Crippen LogP contribution < -0.4 is 11.1 Å². The van der Waals surface area contributed by atoms with Gasteiger partial charge in [0, 0.05) is 22.0 Å². The third-order valence-corrected chi connectivity index (χ3v) is 4.70. The minimum Gasteiger partial charge on any atom is -0.361 e. The Labute approximate surface area is 132 Å². The summed E-state index contributed by atoms with van der Waals surface area (Å²) in [6.45, 7) is 3.90. The molecule has 2 heterocycles. The Morgan fingerprint density at radius 3 is 2.91 bits per heavy atom. The van der Waals surface area contributed by atoms with Crippen molar-refractivity contribution in [3.63, 3.8) is 0 Å². The van der Waals surface area contributed by atoms with Crippen molar-refractivity contribution >= 4 is 33.3 Å². The molecule has 1 amide bonds. The molecule has 0 bridgehead atoms. The number of nitrogens with zero attached hydrogens (tertiary/aromatic N) is 1. The standard InChI is InChI=1S/C16H18N4OS/c1-9-10(2)22-16(19-9)20-15(21)13(17)7-11-8-18-14-6-4-3-5-12(11)14/h3-6,8,13,18H,7,17H2,1-2H3,(H,19,20,21)/t13-/m0/s1. The van der Waals surface area contributed by atoms with Crippen LogP contribution in [-0.2, 0) is 11.2 Å². The maximum atomic E-state index is 12.2. The molecule has 2 aromatic heterocycles. The summed E-state index contributed by atoms with van der Waals surface area (Å²) in [7, 11) is 0. The van der Waals surface area contributed by atoms with Crippen LogP contribution in [0.4, 0.5) is 5.13 Å². The predicted octanol–water partition coefficient (Wildman–Crippen LogP) is 2.75. The number of amides is 1. The smallest absolute Gasteiger partial charge is 0.243 e. The zero-order valence-corrected chi connectivity index (χ0v) is 13.3. The molecule has 0 aliphatic carbocycles. The molecule has 22 heavy (non-hydrogen) atoms. The number of carbonyl (C=O) groups excluding carboxylic acids is 1. The van der Waals surface area contributed by atoms with Crippen molar-refractivity contribution in [1.29, 1.82) is 0 Å². The highest BCUT2D eigenvalue weighted by Gasteiger charge is 2.17. The number of benzene rings is 1. The fraction of sp³-hybridized carbons (Fsp3) is 0.250. The number of aryl methyl sites for hydroxylation is 2. The van der Waals surface area contributed by atoms with E-state index in [2.05, 4.69) is 15.3 Å². The van der Waals surface area contributed by atoms with Gasteiger partial charge in [-0.05, 0) is 31.9 Å². The Morgan fingerprint density at radius 2 is 2.18 bits per heavy atom. The van der Waals surface area contributed by atoms with E-state index in [4.69, 9.17) is 5.73 Å². The van der Waals surface area contributed by atoms with Crippen LogP contribution in [-0.4, -0.2) is 21.9 Å². The highest BCUT2D eigenvalue weighted by Crippen LogP contribution is 2.22. The lowest BCUT2D eigenvalue weighted by Gasteiger charge is -2.10. The summed E-state index contributed by atoms with van der Waals surface area (Å²) in [4.78, 5) is 20.8. The highest BCUT2D eigenvalue weighted by molar-refractivity contribution is 7.15. The van der Waals surface area contributed by atoms with Crippen molar-refractivity contribution in [3.05, 3.63) is 46.6 Å². The third kappa shape index (κ3) is 2.88. The van der Waals surface area contributed by atoms with Crippen molar-refractivity contribution in [1.82, 2.24) is 9.97 Å². The van der Waals surface area contributed by atoms with E-state index in [9.17, 15) is 4.79 Å². The molecule has 0 aliphatic heterocycles. The van der Waals surface area contributed by atoms with Crippen molar-refractivity contribution < 1.29 is 4.79 Å². The number of nitrogens with one attached hydrogen (secondary N) is 2. The second-order valence-corrected chi connectivity index (χ2v) is 6.52. The van der Waals surface area contributed by atoms with Gasteiger partial charge in [-0.1, -0.05) is 18.2 Å². The minimum absolute atomic E-state index is 0.209. The van der Waals surface area contributed by atoms with E-state index in [1.807, 2.05) is 44.3 Å². The fourth-order valence-electron chi connectivity index (χ4n) is 2.35. The molecule has 0 radical (unpaired) electrons. The number of H-pyrrole nitrogens is 1. The zero-order chi connectivity index (χ0) is 15.7. The maximum absolute atomic E-state index is 12.2. The van der Waals surface area contributed by atoms with Gasteiger partial charge in [0.1, 0.15) is 0 Å². The summed E-state index contributed by atoms with van der Waals surface area (Å²) in [6.07, 6.45) is 2.40. The van der Waals surface area contributed by atoms with Crippen LogP contribution in [0.15, 0.2) is 30.5 Å². The molecule has 114 valence electrons. The topological polar surface area (TPSA) is 83.8 Å². The van der Waals surface area contributed by atoms with E-state index in [0.29, 0.717) is 11.6 Å². The second-order valence-electron chi connectivity index (χ2n) is 5.32. The first-order valence-corrected chi connectivity index (χ1v) is 7.91. The van der Waals surface area contributed by atoms with Gasteiger partial charge in [-0.25, -0.2) is 4.98 Å². The lowest BCUT2D eigenvalue weighted by Crippen LogP contribution is -2.37. The van der Waals surface area contributed by atoms with Crippen LogP contribution in [0.3, 0.4) is 0 Å². The maximum Gasteiger partial charge on any atom is 0.243 e. The summed E-state index contributed by atoms with van der Waals surface area (Å²) in [6, 6.07) is 7.38. The first-order chi connectivity index (χ1) is 10.5. The Balaban J connectivity index is 1.71. The average Bonchev–Trinajstić information content (AvgIpc) is 3.03. The molecule has 0 saturated heterocycles. The minimum atomic E-state index is -0.608. The van der Waals surface area contributed by atoms with Gasteiger partial charge in [0.15, 0.2) is 5.13 Å². The first-order valence-electron chi connectivity index (χ1n) is 7.10. The van der Waals surface area contributed by atoms with Crippen LogP contribution in [0.25, 0.3) is 10.9 Å². The van der Waals surface area contributed by atoms with E-state index in [1.165, 1.54) is 11.3 Å². The number of thiazole rings is 1. The quantitative estimate of drug-likeness (QED) is 0.692. The summed E-state index contributed by atoms with van der Waals surface area (Å²) >= 11 is 1.47. The number of aromatic nitrogens is 2. The molecule has 1 atom stereocenters. The van der Waals surface area contributed by atoms with E-state index in [-0.39, 0.29) is 5.91 Å². The van der Waals surface area contributed by atoms with E-state index >= 15 is 0 Å². The Kier molecular flexibility index (Phi) is 3.96. The van der Waals surface area contributed by atoms with Gasteiger partial charge < -0.3 is 16.0 Å². The molecule has 0 aliphatic rings. The molecule has 0 unspecified atom stereocenters. The number of carbonyl (C=O) groups is 1. The Morgan fingerprint density at radius 1 is 1.41 bits per heavy atom. The SMILES string of the molecule is Cc1nc(NC(=O)[C@@H](N)Cc2c[nH]c3ccccc23)sc1C. The number of hydrogen-bond donors (Lipinski definition) is 3. The van der Waals surface area contributed by atoms with E-state index in [1.54, 1.807) is 0 Å². The van der Waals surface area contributed by atoms with Crippen molar-refractivity contribution in [3.8, 4) is 0 Å². The van der Waals surface area contributed by atoms with Crippen molar-refractivity contribution in [2.24, 2.45) is 5.73 Å². The highest BCUT2D eigenvalue weighted by atomic mass is 32.1. The van der Waals surface area contributed by atoms with Crippen LogP contribution >= 0.6 is 11.3 Å². The van der Waals surface area contributed by atoms with Crippen LogP contribution in [0.2, 0.25) is 0 Å². The number of aromatic amines is 1. The summed E-state index contributed by atoms with van der Waals surface area (Å²) in [5.41, 5.74) is 9.08. The monoisotopic (exact) mass is 314 g/mol. The van der Waals surface area contributed by atoms with Crippen molar-refractivity contribution in [2.45, 2.75) is 26.3 Å². The number of hydrogen-bond acceptors (Lipinski definition) is 4. The number of nitrogens with two attached hydrogens (primary N) is 1. The molecule has 6 heteroatoms. The lowest BCUT2D eigenvalue weighted by molar-refractivity contribution is -0.117. The molecule has 0 fully saturated rings. The van der Waals surface area contributed by atoms with Gasteiger partial charge in [-0.15, -0.1) is 11.3 Å². The number of fused-ring (bicyclic) bond motifs is 1. The van der Waals surface area contributed by atoms with E-state index < -0.39 is 6.04 Å². The van der Waals surface area contributed by atoms with Crippen LogP contribution in [0, 0.1) is 13.8 Å². The summed E-state index contributed by atoms with van der Waals surface area (Å²) < 4.78 is 0. The molecular weight excluding hydrogens is 296 g/mol. The van der Waals surface area contributed by atoms with Crippen LogP contribution in [0.1, 0.15) is 16.1 Å². The molecule has 3 aromatic rings. The first kappa shape index (κ1) is 14.7. The number of para-hydroxylation sites is 1. The molecule has 0 saturated carbocycles. The molecular formula is C16H18N4OS. The lowest BCUT2D eigenvalue weighted by atomic mass is 10.1. The van der Waals surface area contributed by atoms with Gasteiger partial charge >= 0.3 is 0 Å². The van der Waals surface area contributed by atoms with Gasteiger partial charge in [0.25, 0.3) is 0 Å². The molecule has 1 aromatic carbocycles.